The van der Waals surface area contributed by atoms with Crippen molar-refractivity contribution in [1.82, 2.24) is 0 Å². The van der Waals surface area contributed by atoms with Crippen molar-refractivity contribution < 1.29 is 0 Å². The van der Waals surface area contributed by atoms with Crippen LogP contribution in [0.1, 0.15) is 0 Å². The zero-order valence-electron chi connectivity index (χ0n) is 4.42. The van der Waals surface area contributed by atoms with E-state index in [4.69, 9.17) is 0 Å². The smallest absolute Gasteiger partial charge is 0.0110 e. The van der Waals surface area contributed by atoms with Crippen molar-refractivity contribution in [3.8, 4) is 0 Å². The van der Waals surface area contributed by atoms with Crippen LogP contribution in [0.25, 0.3) is 0 Å². The highest BCUT2D eigenvalue weighted by molar-refractivity contribution is 7.98. The summed E-state index contributed by atoms with van der Waals surface area (Å²) >= 11 is 5.82. The molecule has 0 saturated carbocycles. The summed E-state index contributed by atoms with van der Waals surface area (Å²) in [4.78, 5) is 0. The summed E-state index contributed by atoms with van der Waals surface area (Å²) in [7, 11) is 0. The van der Waals surface area contributed by atoms with Crippen LogP contribution in [-0.2, 0) is 0 Å². The first kappa shape index (κ1) is 7.44. The maximum Gasteiger partial charge on any atom is 0.0110 e. The van der Waals surface area contributed by atoms with Gasteiger partial charge in [0, 0.05) is 11.5 Å². The largest absolute Gasteiger partial charge is 0.175 e. The van der Waals surface area contributed by atoms with E-state index >= 15 is 0 Å². The van der Waals surface area contributed by atoms with Crippen molar-refractivity contribution in [2.75, 3.05) is 17.8 Å². The van der Waals surface area contributed by atoms with E-state index < -0.39 is 0 Å². The van der Waals surface area contributed by atoms with Gasteiger partial charge in [-0.1, -0.05) is 12.2 Å². The molecule has 42 valence electrons. The van der Waals surface area contributed by atoms with Gasteiger partial charge >= 0.3 is 0 Å². The minimum atomic E-state index is 0.862. The molecule has 0 amide bonds. The van der Waals surface area contributed by atoms with Crippen molar-refractivity contribution in [1.29, 1.82) is 0 Å². The number of thioether (sulfide) groups is 1. The summed E-state index contributed by atoms with van der Waals surface area (Å²) in [6, 6.07) is 0. The van der Waals surface area contributed by atoms with E-state index in [0.717, 1.165) is 11.5 Å². The van der Waals surface area contributed by atoms with E-state index in [2.05, 4.69) is 31.0 Å². The maximum atomic E-state index is 4.00. The highest BCUT2D eigenvalue weighted by atomic mass is 32.2. The fourth-order valence-corrected chi connectivity index (χ4v) is 0.716. The SMILES string of the molecule is CSCC=CCS. The molecule has 0 bridgehead atoms. The van der Waals surface area contributed by atoms with Gasteiger partial charge in [-0.3, -0.25) is 0 Å². The standard InChI is InChI=1S/C5H10S2/c1-7-5-3-2-4-6/h2-3,6H,4-5H2,1H3. The third-order valence-electron chi connectivity index (χ3n) is 0.535. The topological polar surface area (TPSA) is 0 Å². The molecule has 0 unspecified atom stereocenters. The minimum Gasteiger partial charge on any atom is -0.175 e. The molecule has 0 N–H and O–H groups in total. The molecule has 0 aromatic heterocycles. The Morgan fingerprint density at radius 2 is 2.29 bits per heavy atom. The number of hydrogen-bond donors (Lipinski definition) is 1. The normalized spacial score (nSPS) is 10.6. The van der Waals surface area contributed by atoms with Crippen molar-refractivity contribution >= 4 is 24.4 Å². The Bertz CT molecular complexity index is 50.0. The minimum absolute atomic E-state index is 0.862. The molecule has 0 nitrogen and oxygen atoms in total. The van der Waals surface area contributed by atoms with Gasteiger partial charge in [-0.25, -0.2) is 0 Å². The molecule has 2 heteroatoms. The first-order valence-electron chi connectivity index (χ1n) is 2.16. The Balaban J connectivity index is 2.78. The lowest BCUT2D eigenvalue weighted by Gasteiger charge is -1.79. The van der Waals surface area contributed by atoms with E-state index in [1.807, 2.05) is 11.8 Å². The summed E-state index contributed by atoms with van der Waals surface area (Å²) in [5, 5.41) is 0. The van der Waals surface area contributed by atoms with Crippen molar-refractivity contribution in [3.63, 3.8) is 0 Å². The van der Waals surface area contributed by atoms with Gasteiger partial charge in [-0.05, 0) is 6.26 Å². The first-order valence-corrected chi connectivity index (χ1v) is 4.19. The summed E-state index contributed by atoms with van der Waals surface area (Å²) in [5.74, 6) is 1.97. The van der Waals surface area contributed by atoms with Crippen molar-refractivity contribution in [2.24, 2.45) is 0 Å². The zero-order chi connectivity index (χ0) is 5.54. The van der Waals surface area contributed by atoms with Crippen LogP contribution < -0.4 is 0 Å². The molecule has 0 radical (unpaired) electrons. The lowest BCUT2D eigenvalue weighted by atomic mass is 10.6. The molecule has 0 aliphatic heterocycles. The third kappa shape index (κ3) is 6.44. The van der Waals surface area contributed by atoms with Crippen LogP contribution >= 0.6 is 24.4 Å². The van der Waals surface area contributed by atoms with Crippen LogP contribution in [0.4, 0.5) is 0 Å². The lowest BCUT2D eigenvalue weighted by molar-refractivity contribution is 1.68. The molecule has 0 saturated heterocycles. The molecule has 0 heterocycles. The average molecular weight is 134 g/mol. The maximum absolute atomic E-state index is 4.00. The van der Waals surface area contributed by atoms with E-state index in [-0.39, 0.29) is 0 Å². The molecule has 7 heavy (non-hydrogen) atoms. The molecular weight excluding hydrogens is 124 g/mol. The van der Waals surface area contributed by atoms with Crippen molar-refractivity contribution in [3.05, 3.63) is 12.2 Å². The zero-order valence-corrected chi connectivity index (χ0v) is 6.14. The predicted molar refractivity (Wildman–Crippen MR) is 41.4 cm³/mol. The third-order valence-corrected chi connectivity index (χ3v) is 1.27. The molecule has 0 aromatic carbocycles. The second-order valence-corrected chi connectivity index (χ2v) is 2.39. The van der Waals surface area contributed by atoms with Gasteiger partial charge in [-0.15, -0.1) is 0 Å². The van der Waals surface area contributed by atoms with Gasteiger partial charge in [-0.2, -0.15) is 24.4 Å². The Hall–Kier alpha value is 0.440. The van der Waals surface area contributed by atoms with Crippen LogP contribution in [0.5, 0.6) is 0 Å². The molecule has 0 aliphatic rings. The average Bonchev–Trinajstić information content (AvgIpc) is 1.69. The van der Waals surface area contributed by atoms with Crippen LogP contribution in [-0.4, -0.2) is 17.8 Å². The van der Waals surface area contributed by atoms with E-state index in [1.54, 1.807) is 0 Å². The summed E-state index contributed by atoms with van der Waals surface area (Å²) in [6.07, 6.45) is 6.26. The molecule has 0 aliphatic carbocycles. The van der Waals surface area contributed by atoms with E-state index in [9.17, 15) is 0 Å². The van der Waals surface area contributed by atoms with Crippen LogP contribution in [0.15, 0.2) is 12.2 Å². The summed E-state index contributed by atoms with van der Waals surface area (Å²) in [6.45, 7) is 0. The Kier molecular flexibility index (Phi) is 6.84. The van der Waals surface area contributed by atoms with E-state index in [0.29, 0.717) is 0 Å². The fraction of sp³-hybridized carbons (Fsp3) is 0.600. The summed E-state index contributed by atoms with van der Waals surface area (Å²) in [5.41, 5.74) is 0. The lowest BCUT2D eigenvalue weighted by Crippen LogP contribution is -1.65. The monoisotopic (exact) mass is 134 g/mol. The Morgan fingerprint density at radius 3 is 2.71 bits per heavy atom. The predicted octanol–water partition coefficient (Wildman–Crippen LogP) is 1.84. The molecule has 0 rings (SSSR count). The van der Waals surface area contributed by atoms with Crippen molar-refractivity contribution in [2.45, 2.75) is 0 Å². The summed E-state index contributed by atoms with van der Waals surface area (Å²) < 4.78 is 0. The van der Waals surface area contributed by atoms with Gasteiger partial charge in [0.15, 0.2) is 0 Å². The van der Waals surface area contributed by atoms with Gasteiger partial charge in [0.25, 0.3) is 0 Å². The Morgan fingerprint density at radius 1 is 1.57 bits per heavy atom. The van der Waals surface area contributed by atoms with E-state index in [1.165, 1.54) is 0 Å². The highest BCUT2D eigenvalue weighted by Crippen LogP contribution is 1.90. The van der Waals surface area contributed by atoms with Crippen LogP contribution in [0, 0.1) is 0 Å². The molecule has 0 spiro atoms. The Labute approximate surface area is 54.8 Å². The molecule has 0 fully saturated rings. The van der Waals surface area contributed by atoms with Gasteiger partial charge in [0.05, 0.1) is 0 Å². The first-order chi connectivity index (χ1) is 3.41. The number of hydrogen-bond acceptors (Lipinski definition) is 2. The number of thiol groups is 1. The second-order valence-electron chi connectivity index (χ2n) is 1.11. The number of rotatable bonds is 3. The van der Waals surface area contributed by atoms with Crippen LogP contribution in [0.3, 0.4) is 0 Å². The van der Waals surface area contributed by atoms with Gasteiger partial charge in [0.2, 0.25) is 0 Å². The quantitative estimate of drug-likeness (QED) is 0.454. The molecule has 0 aromatic rings. The molecular formula is C5H10S2. The van der Waals surface area contributed by atoms with Crippen LogP contribution in [0.2, 0.25) is 0 Å². The molecule has 0 atom stereocenters. The van der Waals surface area contributed by atoms with Gasteiger partial charge in [0.1, 0.15) is 0 Å². The fourth-order valence-electron chi connectivity index (χ4n) is 0.239. The highest BCUT2D eigenvalue weighted by Gasteiger charge is 1.68. The second kappa shape index (κ2) is 6.44. The van der Waals surface area contributed by atoms with Gasteiger partial charge < -0.3 is 0 Å².